The van der Waals surface area contributed by atoms with Crippen LogP contribution in [0.2, 0.25) is 0 Å². The molecule has 1 heterocycles. The minimum Gasteiger partial charge on any atom is -0.236 e. The van der Waals surface area contributed by atoms with E-state index in [1.165, 1.54) is 30.5 Å². The molecule has 0 amide bonds. The molecule has 3 rings (SSSR count). The quantitative estimate of drug-likeness (QED) is 0.613. The van der Waals surface area contributed by atoms with Gasteiger partial charge in [-0.1, -0.05) is 22.6 Å². The molecule has 1 aliphatic rings. The fourth-order valence-corrected chi connectivity index (χ4v) is 2.62. The molecule has 1 aromatic heterocycles. The Bertz CT molecular complexity index is 565. The third-order valence-corrected chi connectivity index (χ3v) is 3.87. The fourth-order valence-electron chi connectivity index (χ4n) is 2.01. The zero-order valence-electron chi connectivity index (χ0n) is 9.74. The Morgan fingerprint density at radius 2 is 1.94 bits per heavy atom. The maximum absolute atomic E-state index is 12.9. The molecule has 0 spiro atoms. The van der Waals surface area contributed by atoms with E-state index < -0.39 is 0 Å². The topological polar surface area (TPSA) is 25.8 Å². The standard InChI is InChI=1S/C14H12FIN2/c15-11-5-3-10(4-6-11)14-17-8-12(9-1-2-9)13(7-16)18-14/h3-6,8-9H,1-2,7H2. The van der Waals surface area contributed by atoms with E-state index >= 15 is 0 Å². The SMILES string of the molecule is Fc1ccc(-c2ncc(C3CC3)c(CI)n2)cc1. The lowest BCUT2D eigenvalue weighted by Gasteiger charge is -2.07. The predicted molar refractivity (Wildman–Crippen MR) is 77.1 cm³/mol. The molecule has 4 heteroatoms. The van der Waals surface area contributed by atoms with Gasteiger partial charge in [0.1, 0.15) is 5.82 Å². The molecular formula is C14H12FIN2. The van der Waals surface area contributed by atoms with E-state index in [0.29, 0.717) is 11.7 Å². The second-order valence-electron chi connectivity index (χ2n) is 4.51. The van der Waals surface area contributed by atoms with Crippen molar-refractivity contribution in [2.75, 3.05) is 0 Å². The van der Waals surface area contributed by atoms with Gasteiger partial charge >= 0.3 is 0 Å². The van der Waals surface area contributed by atoms with E-state index in [4.69, 9.17) is 0 Å². The van der Waals surface area contributed by atoms with Crippen LogP contribution >= 0.6 is 22.6 Å². The molecule has 92 valence electrons. The Morgan fingerprint density at radius 1 is 1.22 bits per heavy atom. The third kappa shape index (κ3) is 2.39. The second-order valence-corrected chi connectivity index (χ2v) is 5.27. The number of benzene rings is 1. The van der Waals surface area contributed by atoms with Crippen LogP contribution in [0.3, 0.4) is 0 Å². The summed E-state index contributed by atoms with van der Waals surface area (Å²) < 4.78 is 13.8. The summed E-state index contributed by atoms with van der Waals surface area (Å²) in [7, 11) is 0. The molecule has 2 nitrogen and oxygen atoms in total. The number of halogens is 2. The summed E-state index contributed by atoms with van der Waals surface area (Å²) in [6.07, 6.45) is 4.45. The van der Waals surface area contributed by atoms with Gasteiger partial charge in [0.15, 0.2) is 5.82 Å². The third-order valence-electron chi connectivity index (χ3n) is 3.15. The Morgan fingerprint density at radius 3 is 2.56 bits per heavy atom. The van der Waals surface area contributed by atoms with Gasteiger partial charge in [-0.25, -0.2) is 14.4 Å². The number of aromatic nitrogens is 2. The van der Waals surface area contributed by atoms with E-state index in [0.717, 1.165) is 15.7 Å². The number of alkyl halides is 1. The van der Waals surface area contributed by atoms with Gasteiger partial charge in [-0.2, -0.15) is 0 Å². The number of hydrogen-bond acceptors (Lipinski definition) is 2. The summed E-state index contributed by atoms with van der Waals surface area (Å²) in [5.74, 6) is 1.12. The molecule has 2 aromatic rings. The van der Waals surface area contributed by atoms with Gasteiger partial charge < -0.3 is 0 Å². The Labute approximate surface area is 119 Å². The van der Waals surface area contributed by atoms with Crippen LogP contribution in [0.15, 0.2) is 30.5 Å². The van der Waals surface area contributed by atoms with Crippen LogP contribution in [0, 0.1) is 5.82 Å². The molecule has 0 radical (unpaired) electrons. The minimum absolute atomic E-state index is 0.234. The lowest BCUT2D eigenvalue weighted by Crippen LogP contribution is -1.99. The van der Waals surface area contributed by atoms with E-state index in [9.17, 15) is 4.39 Å². The van der Waals surface area contributed by atoms with Crippen LogP contribution in [-0.4, -0.2) is 9.97 Å². The molecule has 0 bridgehead atoms. The highest BCUT2D eigenvalue weighted by Crippen LogP contribution is 2.41. The molecule has 1 fully saturated rings. The molecule has 0 saturated heterocycles. The van der Waals surface area contributed by atoms with E-state index in [2.05, 4.69) is 32.6 Å². The summed E-state index contributed by atoms with van der Waals surface area (Å²) in [6.45, 7) is 0. The molecule has 1 saturated carbocycles. The van der Waals surface area contributed by atoms with Crippen molar-refractivity contribution < 1.29 is 4.39 Å². The molecule has 1 aliphatic carbocycles. The van der Waals surface area contributed by atoms with Gasteiger partial charge in [0.2, 0.25) is 0 Å². The van der Waals surface area contributed by atoms with Crippen LogP contribution in [0.25, 0.3) is 11.4 Å². The maximum atomic E-state index is 12.9. The van der Waals surface area contributed by atoms with Gasteiger partial charge in [0.05, 0.1) is 5.69 Å². The summed E-state index contributed by atoms with van der Waals surface area (Å²) in [4.78, 5) is 9.02. The van der Waals surface area contributed by atoms with Crippen LogP contribution in [0.4, 0.5) is 4.39 Å². The van der Waals surface area contributed by atoms with Crippen LogP contribution in [0.1, 0.15) is 30.0 Å². The van der Waals surface area contributed by atoms with Gasteiger partial charge in [0, 0.05) is 16.2 Å². The zero-order valence-corrected chi connectivity index (χ0v) is 11.9. The van der Waals surface area contributed by atoms with Gasteiger partial charge in [-0.3, -0.25) is 0 Å². The average Bonchev–Trinajstić information content (AvgIpc) is 3.23. The first kappa shape index (κ1) is 12.0. The van der Waals surface area contributed by atoms with Crippen molar-refractivity contribution in [3.05, 3.63) is 47.5 Å². The number of hydrogen-bond donors (Lipinski definition) is 0. The van der Waals surface area contributed by atoms with Gasteiger partial charge in [-0.05, 0) is 48.6 Å². The van der Waals surface area contributed by atoms with Gasteiger partial charge in [0.25, 0.3) is 0 Å². The first-order chi connectivity index (χ1) is 8.78. The number of nitrogens with zero attached hydrogens (tertiary/aromatic N) is 2. The van der Waals surface area contributed by atoms with E-state index in [1.807, 2.05) is 6.20 Å². The summed E-state index contributed by atoms with van der Waals surface area (Å²) in [5, 5.41) is 0. The zero-order chi connectivity index (χ0) is 12.5. The molecule has 1 aromatic carbocycles. The Kier molecular flexibility index (Phi) is 3.28. The average molecular weight is 354 g/mol. The smallest absolute Gasteiger partial charge is 0.159 e. The highest BCUT2D eigenvalue weighted by molar-refractivity contribution is 14.1. The number of rotatable bonds is 3. The highest BCUT2D eigenvalue weighted by Gasteiger charge is 2.27. The largest absolute Gasteiger partial charge is 0.236 e. The summed E-state index contributed by atoms with van der Waals surface area (Å²) in [6, 6.07) is 6.32. The predicted octanol–water partition coefficient (Wildman–Crippen LogP) is 4.10. The molecule has 0 aliphatic heterocycles. The molecule has 0 N–H and O–H groups in total. The van der Waals surface area contributed by atoms with Crippen LogP contribution in [-0.2, 0) is 4.43 Å². The van der Waals surface area contributed by atoms with Crippen molar-refractivity contribution in [3.8, 4) is 11.4 Å². The molecular weight excluding hydrogens is 342 g/mol. The molecule has 0 unspecified atom stereocenters. The monoisotopic (exact) mass is 354 g/mol. The first-order valence-corrected chi connectivity index (χ1v) is 7.48. The Balaban J connectivity index is 1.99. The van der Waals surface area contributed by atoms with Crippen molar-refractivity contribution in [3.63, 3.8) is 0 Å². The molecule has 18 heavy (non-hydrogen) atoms. The van der Waals surface area contributed by atoms with Crippen molar-refractivity contribution in [1.29, 1.82) is 0 Å². The maximum Gasteiger partial charge on any atom is 0.159 e. The van der Waals surface area contributed by atoms with Crippen molar-refractivity contribution >= 4 is 22.6 Å². The molecule has 0 atom stereocenters. The van der Waals surface area contributed by atoms with Crippen molar-refractivity contribution in [2.45, 2.75) is 23.2 Å². The lowest BCUT2D eigenvalue weighted by molar-refractivity contribution is 0.628. The Hall–Kier alpha value is -1.04. The summed E-state index contributed by atoms with van der Waals surface area (Å²) in [5.41, 5.74) is 3.27. The van der Waals surface area contributed by atoms with Crippen LogP contribution < -0.4 is 0 Å². The lowest BCUT2D eigenvalue weighted by atomic mass is 10.1. The van der Waals surface area contributed by atoms with E-state index in [1.54, 1.807) is 12.1 Å². The second kappa shape index (κ2) is 4.91. The first-order valence-electron chi connectivity index (χ1n) is 5.95. The normalized spacial score (nSPS) is 14.8. The van der Waals surface area contributed by atoms with E-state index in [-0.39, 0.29) is 5.82 Å². The van der Waals surface area contributed by atoms with Gasteiger partial charge in [-0.15, -0.1) is 0 Å². The van der Waals surface area contributed by atoms with Crippen molar-refractivity contribution in [2.24, 2.45) is 0 Å². The summed E-state index contributed by atoms with van der Waals surface area (Å²) >= 11 is 2.33. The minimum atomic E-state index is -0.234. The fraction of sp³-hybridized carbons (Fsp3) is 0.286. The van der Waals surface area contributed by atoms with Crippen LogP contribution in [0.5, 0.6) is 0 Å². The van der Waals surface area contributed by atoms with Crippen molar-refractivity contribution in [1.82, 2.24) is 9.97 Å². The highest BCUT2D eigenvalue weighted by atomic mass is 127.